The second kappa shape index (κ2) is 6.10. The van der Waals surface area contributed by atoms with E-state index in [1.807, 2.05) is 0 Å². The minimum absolute atomic E-state index is 0.280. The molecule has 0 aliphatic heterocycles. The van der Waals surface area contributed by atoms with Gasteiger partial charge >= 0.3 is 7.12 Å². The standard InChI is InChI=1S/C14H9BCl2N2O3/c16-10-5-6-11(12(17)7-10)14-18-13(19-22-14)8-1-3-9(4-2-8)15(20)21/h1-7,20-21H. The highest BCUT2D eigenvalue weighted by molar-refractivity contribution is 6.58. The Bertz CT molecular complexity index is 806. The molecule has 2 aromatic carbocycles. The predicted molar refractivity (Wildman–Crippen MR) is 85.0 cm³/mol. The first kappa shape index (κ1) is 15.1. The molecular formula is C14H9BCl2N2O3. The van der Waals surface area contributed by atoms with Crippen molar-refractivity contribution in [3.8, 4) is 22.8 Å². The zero-order chi connectivity index (χ0) is 15.7. The molecule has 0 amide bonds. The van der Waals surface area contributed by atoms with Gasteiger partial charge in [-0.3, -0.25) is 0 Å². The second-order valence-corrected chi connectivity index (χ2v) is 5.39. The normalized spacial score (nSPS) is 10.7. The van der Waals surface area contributed by atoms with Gasteiger partial charge in [0, 0.05) is 10.6 Å². The van der Waals surface area contributed by atoms with Gasteiger partial charge in [0.25, 0.3) is 5.89 Å². The molecule has 0 saturated heterocycles. The lowest BCUT2D eigenvalue weighted by Crippen LogP contribution is -2.29. The van der Waals surface area contributed by atoms with Crippen LogP contribution in [-0.2, 0) is 0 Å². The third kappa shape index (κ3) is 3.00. The molecule has 3 rings (SSSR count). The van der Waals surface area contributed by atoms with Crippen LogP contribution in [0.2, 0.25) is 10.0 Å². The van der Waals surface area contributed by atoms with Gasteiger partial charge in [-0.2, -0.15) is 4.98 Å². The number of benzene rings is 2. The summed E-state index contributed by atoms with van der Waals surface area (Å²) in [6.45, 7) is 0. The van der Waals surface area contributed by atoms with Crippen LogP contribution < -0.4 is 5.46 Å². The van der Waals surface area contributed by atoms with E-state index in [0.29, 0.717) is 32.5 Å². The van der Waals surface area contributed by atoms with E-state index in [2.05, 4.69) is 10.1 Å². The topological polar surface area (TPSA) is 79.4 Å². The first-order valence-electron chi connectivity index (χ1n) is 6.30. The molecule has 5 nitrogen and oxygen atoms in total. The lowest BCUT2D eigenvalue weighted by Gasteiger charge is -1.99. The summed E-state index contributed by atoms with van der Waals surface area (Å²) in [5.41, 5.74) is 1.66. The number of aromatic nitrogens is 2. The SMILES string of the molecule is OB(O)c1ccc(-c2noc(-c3ccc(Cl)cc3Cl)n2)cc1. The predicted octanol–water partition coefficient (Wildman–Crippen LogP) is 2.39. The second-order valence-electron chi connectivity index (χ2n) is 4.54. The minimum atomic E-state index is -1.51. The molecule has 0 spiro atoms. The summed E-state index contributed by atoms with van der Waals surface area (Å²) in [6, 6.07) is 11.5. The van der Waals surface area contributed by atoms with Gasteiger partial charge in [0.2, 0.25) is 5.82 Å². The number of halogens is 2. The Kier molecular flexibility index (Phi) is 4.17. The number of hydrogen-bond donors (Lipinski definition) is 2. The van der Waals surface area contributed by atoms with Gasteiger partial charge in [0.05, 0.1) is 10.6 Å². The molecule has 0 bridgehead atoms. The van der Waals surface area contributed by atoms with Crippen molar-refractivity contribution in [3.63, 3.8) is 0 Å². The molecule has 3 aromatic rings. The summed E-state index contributed by atoms with van der Waals surface area (Å²) in [6.07, 6.45) is 0. The van der Waals surface area contributed by atoms with Crippen molar-refractivity contribution in [2.24, 2.45) is 0 Å². The Labute approximate surface area is 136 Å². The van der Waals surface area contributed by atoms with E-state index in [1.165, 1.54) is 0 Å². The van der Waals surface area contributed by atoms with E-state index < -0.39 is 7.12 Å². The monoisotopic (exact) mass is 334 g/mol. The van der Waals surface area contributed by atoms with Crippen LogP contribution in [0.3, 0.4) is 0 Å². The van der Waals surface area contributed by atoms with E-state index in [0.717, 1.165) is 0 Å². The highest BCUT2D eigenvalue weighted by atomic mass is 35.5. The van der Waals surface area contributed by atoms with Gasteiger partial charge in [-0.1, -0.05) is 52.6 Å². The number of nitrogens with zero attached hydrogens (tertiary/aromatic N) is 2. The average Bonchev–Trinajstić information content (AvgIpc) is 2.97. The summed E-state index contributed by atoms with van der Waals surface area (Å²) in [7, 11) is -1.51. The summed E-state index contributed by atoms with van der Waals surface area (Å²) in [5.74, 6) is 0.655. The van der Waals surface area contributed by atoms with E-state index in [9.17, 15) is 0 Å². The summed E-state index contributed by atoms with van der Waals surface area (Å²) in [4.78, 5) is 4.29. The fourth-order valence-corrected chi connectivity index (χ4v) is 2.41. The molecule has 0 saturated carbocycles. The maximum Gasteiger partial charge on any atom is 0.488 e. The Balaban J connectivity index is 1.93. The van der Waals surface area contributed by atoms with Crippen LogP contribution in [0.15, 0.2) is 47.0 Å². The van der Waals surface area contributed by atoms with Gasteiger partial charge in [-0.25, -0.2) is 0 Å². The Morgan fingerprint density at radius 1 is 1.00 bits per heavy atom. The van der Waals surface area contributed by atoms with Crippen LogP contribution in [0.1, 0.15) is 0 Å². The minimum Gasteiger partial charge on any atom is -0.423 e. The Morgan fingerprint density at radius 2 is 1.73 bits per heavy atom. The first-order chi connectivity index (χ1) is 10.5. The van der Waals surface area contributed by atoms with Crippen molar-refractivity contribution in [2.75, 3.05) is 0 Å². The zero-order valence-corrected chi connectivity index (χ0v) is 12.6. The van der Waals surface area contributed by atoms with Crippen molar-refractivity contribution < 1.29 is 14.6 Å². The van der Waals surface area contributed by atoms with Crippen LogP contribution in [-0.4, -0.2) is 27.3 Å². The Morgan fingerprint density at radius 3 is 2.36 bits per heavy atom. The van der Waals surface area contributed by atoms with E-state index in [1.54, 1.807) is 42.5 Å². The van der Waals surface area contributed by atoms with Crippen molar-refractivity contribution in [3.05, 3.63) is 52.5 Å². The van der Waals surface area contributed by atoms with Gasteiger partial charge in [-0.15, -0.1) is 0 Å². The third-order valence-corrected chi connectivity index (χ3v) is 3.60. The van der Waals surface area contributed by atoms with Crippen LogP contribution in [0.5, 0.6) is 0 Å². The lowest BCUT2D eigenvalue weighted by atomic mass is 9.80. The molecule has 2 N–H and O–H groups in total. The molecule has 0 radical (unpaired) electrons. The van der Waals surface area contributed by atoms with Crippen LogP contribution in [0.4, 0.5) is 0 Å². The van der Waals surface area contributed by atoms with Crippen molar-refractivity contribution in [1.82, 2.24) is 10.1 Å². The first-order valence-corrected chi connectivity index (χ1v) is 7.06. The Hall–Kier alpha value is -1.86. The van der Waals surface area contributed by atoms with Crippen LogP contribution >= 0.6 is 23.2 Å². The highest BCUT2D eigenvalue weighted by Gasteiger charge is 2.15. The molecular weight excluding hydrogens is 326 g/mol. The van der Waals surface area contributed by atoms with E-state index in [-0.39, 0.29) is 5.89 Å². The largest absolute Gasteiger partial charge is 0.488 e. The van der Waals surface area contributed by atoms with Crippen molar-refractivity contribution in [2.45, 2.75) is 0 Å². The van der Waals surface area contributed by atoms with Gasteiger partial charge in [-0.05, 0) is 23.7 Å². The van der Waals surface area contributed by atoms with Crippen LogP contribution in [0.25, 0.3) is 22.8 Å². The number of hydrogen-bond acceptors (Lipinski definition) is 5. The van der Waals surface area contributed by atoms with Gasteiger partial charge < -0.3 is 14.6 Å². The lowest BCUT2D eigenvalue weighted by molar-refractivity contribution is 0.426. The quantitative estimate of drug-likeness (QED) is 0.719. The molecule has 22 heavy (non-hydrogen) atoms. The van der Waals surface area contributed by atoms with Crippen LogP contribution in [0, 0.1) is 0 Å². The smallest absolute Gasteiger partial charge is 0.423 e. The molecule has 110 valence electrons. The molecule has 0 fully saturated rings. The fraction of sp³-hybridized carbons (Fsp3) is 0. The van der Waals surface area contributed by atoms with Crippen molar-refractivity contribution in [1.29, 1.82) is 0 Å². The van der Waals surface area contributed by atoms with E-state index >= 15 is 0 Å². The van der Waals surface area contributed by atoms with Crippen molar-refractivity contribution >= 4 is 35.8 Å². The van der Waals surface area contributed by atoms with E-state index in [4.69, 9.17) is 37.8 Å². The molecule has 8 heteroatoms. The zero-order valence-electron chi connectivity index (χ0n) is 11.1. The summed E-state index contributed by atoms with van der Waals surface area (Å²) < 4.78 is 5.22. The fourth-order valence-electron chi connectivity index (χ4n) is 1.92. The molecule has 0 aliphatic rings. The molecule has 0 atom stereocenters. The summed E-state index contributed by atoms with van der Waals surface area (Å²) in [5, 5.41) is 23.0. The highest BCUT2D eigenvalue weighted by Crippen LogP contribution is 2.30. The molecule has 0 aliphatic carbocycles. The summed E-state index contributed by atoms with van der Waals surface area (Å²) >= 11 is 12.0. The molecule has 0 unspecified atom stereocenters. The number of rotatable bonds is 3. The third-order valence-electron chi connectivity index (χ3n) is 3.05. The maximum absolute atomic E-state index is 9.07. The molecule has 1 heterocycles. The molecule has 1 aromatic heterocycles. The maximum atomic E-state index is 9.07. The average molecular weight is 335 g/mol. The van der Waals surface area contributed by atoms with Gasteiger partial charge in [0.1, 0.15) is 0 Å². The van der Waals surface area contributed by atoms with Gasteiger partial charge in [0.15, 0.2) is 0 Å².